The summed E-state index contributed by atoms with van der Waals surface area (Å²) in [5.74, 6) is 0.688. The summed E-state index contributed by atoms with van der Waals surface area (Å²) < 4.78 is 13.1. The third-order valence-electron chi connectivity index (χ3n) is 6.94. The first-order valence-electron chi connectivity index (χ1n) is 11.3. The molecule has 0 saturated carbocycles. The minimum atomic E-state index is -0.824. The topological polar surface area (TPSA) is 97.7 Å². The molecule has 7 heteroatoms. The monoisotopic (exact) mass is 440 g/mol. The van der Waals surface area contributed by atoms with E-state index in [1.54, 1.807) is 6.20 Å². The van der Waals surface area contributed by atoms with Gasteiger partial charge in [-0.05, 0) is 74.4 Å². The van der Waals surface area contributed by atoms with Crippen LogP contribution in [0, 0.1) is 27.7 Å². The standard InChI is InChI=1S/C25H32N2O5/c1-6-7-8-18-13(2)15(4)23(16(5)14(18)3)20-9-17-11-27(25(30)26-24(17)32-20)22-10-19(29)21(12-28)31-22/h9,11,19,21-22,28-29H,6-8,10,12H2,1-5H3. The number of unbranched alkanes of at least 4 members (excludes halogenated alkanes) is 1. The first kappa shape index (κ1) is 22.7. The molecule has 3 unspecified atom stereocenters. The predicted octanol–water partition coefficient (Wildman–Crippen LogP) is 3.87. The van der Waals surface area contributed by atoms with Crippen molar-refractivity contribution in [1.82, 2.24) is 9.55 Å². The van der Waals surface area contributed by atoms with Crippen molar-refractivity contribution in [2.24, 2.45) is 0 Å². The molecule has 0 bridgehead atoms. The minimum Gasteiger partial charge on any atom is -0.437 e. The molecule has 2 aromatic heterocycles. The lowest BCUT2D eigenvalue weighted by Gasteiger charge is -2.19. The fourth-order valence-electron chi connectivity index (χ4n) is 4.79. The third-order valence-corrected chi connectivity index (χ3v) is 6.94. The van der Waals surface area contributed by atoms with Crippen LogP contribution in [-0.4, -0.2) is 38.6 Å². The van der Waals surface area contributed by atoms with Gasteiger partial charge < -0.3 is 19.4 Å². The van der Waals surface area contributed by atoms with Crippen LogP contribution in [0.2, 0.25) is 0 Å². The highest BCUT2D eigenvalue weighted by molar-refractivity contribution is 5.82. The Morgan fingerprint density at radius 1 is 1.16 bits per heavy atom. The lowest BCUT2D eigenvalue weighted by atomic mass is 9.86. The molecule has 0 spiro atoms. The highest BCUT2D eigenvalue weighted by Crippen LogP contribution is 2.37. The Kier molecular flexibility index (Phi) is 6.25. The number of hydrogen-bond acceptors (Lipinski definition) is 6. The summed E-state index contributed by atoms with van der Waals surface area (Å²) in [4.78, 5) is 16.7. The Bertz CT molecular complexity index is 1180. The van der Waals surface area contributed by atoms with Gasteiger partial charge in [0.2, 0.25) is 5.71 Å². The number of ether oxygens (including phenoxy) is 1. The van der Waals surface area contributed by atoms with E-state index in [1.807, 2.05) is 6.07 Å². The minimum absolute atomic E-state index is 0.221. The summed E-state index contributed by atoms with van der Waals surface area (Å²) in [6.45, 7) is 10.5. The van der Waals surface area contributed by atoms with Crippen molar-refractivity contribution < 1.29 is 19.4 Å². The number of benzene rings is 1. The SMILES string of the molecule is CCCCc1c(C)c(C)c(-c2cc3cn(C4CC(O)C(CO)O4)c(=O)nc3o2)c(C)c1C. The van der Waals surface area contributed by atoms with Crippen LogP contribution in [0.3, 0.4) is 0 Å². The molecule has 1 saturated heterocycles. The van der Waals surface area contributed by atoms with E-state index < -0.39 is 24.1 Å². The van der Waals surface area contributed by atoms with Gasteiger partial charge in [-0.2, -0.15) is 4.98 Å². The maximum Gasteiger partial charge on any atom is 0.353 e. The molecule has 7 nitrogen and oxygen atoms in total. The van der Waals surface area contributed by atoms with Gasteiger partial charge in [0.25, 0.3) is 0 Å². The molecule has 4 rings (SSSR count). The molecule has 1 aliphatic heterocycles. The quantitative estimate of drug-likeness (QED) is 0.604. The van der Waals surface area contributed by atoms with Gasteiger partial charge in [0, 0.05) is 18.2 Å². The van der Waals surface area contributed by atoms with Gasteiger partial charge in [0.05, 0.1) is 18.1 Å². The second-order valence-electron chi connectivity index (χ2n) is 8.87. The first-order valence-corrected chi connectivity index (χ1v) is 11.3. The molecule has 3 atom stereocenters. The summed E-state index contributed by atoms with van der Waals surface area (Å²) >= 11 is 0. The molecule has 0 radical (unpaired) electrons. The fourth-order valence-corrected chi connectivity index (χ4v) is 4.79. The Morgan fingerprint density at radius 3 is 2.44 bits per heavy atom. The first-order chi connectivity index (χ1) is 15.3. The van der Waals surface area contributed by atoms with Crippen molar-refractivity contribution in [2.75, 3.05) is 6.61 Å². The lowest BCUT2D eigenvalue weighted by Crippen LogP contribution is -2.27. The van der Waals surface area contributed by atoms with Crippen LogP contribution in [0.4, 0.5) is 0 Å². The molecule has 1 aliphatic rings. The fraction of sp³-hybridized carbons (Fsp3) is 0.520. The average molecular weight is 441 g/mol. The normalized spacial score (nSPS) is 21.0. The van der Waals surface area contributed by atoms with Crippen LogP contribution < -0.4 is 5.69 Å². The zero-order valence-electron chi connectivity index (χ0n) is 19.4. The van der Waals surface area contributed by atoms with Crippen molar-refractivity contribution in [3.8, 4) is 11.3 Å². The molecule has 2 N–H and O–H groups in total. The van der Waals surface area contributed by atoms with E-state index >= 15 is 0 Å². The molecule has 3 heterocycles. The second-order valence-corrected chi connectivity index (χ2v) is 8.87. The van der Waals surface area contributed by atoms with E-state index in [1.165, 1.54) is 32.4 Å². The van der Waals surface area contributed by atoms with E-state index in [-0.39, 0.29) is 18.7 Å². The van der Waals surface area contributed by atoms with Crippen LogP contribution in [-0.2, 0) is 11.2 Å². The Hall–Kier alpha value is -2.48. The van der Waals surface area contributed by atoms with Gasteiger partial charge in [-0.15, -0.1) is 0 Å². The summed E-state index contributed by atoms with van der Waals surface area (Å²) in [7, 11) is 0. The second kappa shape index (κ2) is 8.81. The smallest absolute Gasteiger partial charge is 0.353 e. The summed E-state index contributed by atoms with van der Waals surface area (Å²) in [6, 6.07) is 1.91. The molecule has 0 aliphatic carbocycles. The number of aliphatic hydroxyl groups excluding tert-OH is 2. The zero-order chi connectivity index (χ0) is 23.2. The molecule has 3 aromatic rings. The van der Waals surface area contributed by atoms with Crippen molar-refractivity contribution in [3.05, 3.63) is 50.6 Å². The van der Waals surface area contributed by atoms with Gasteiger partial charge in [-0.25, -0.2) is 4.79 Å². The molecule has 172 valence electrons. The number of nitrogens with zero attached hydrogens (tertiary/aromatic N) is 2. The molecular formula is C25H32N2O5. The van der Waals surface area contributed by atoms with Gasteiger partial charge in [0.1, 0.15) is 18.1 Å². The van der Waals surface area contributed by atoms with Crippen molar-refractivity contribution in [2.45, 2.75) is 78.7 Å². The number of aromatic nitrogens is 2. The number of fused-ring (bicyclic) bond motifs is 1. The average Bonchev–Trinajstić information content (AvgIpc) is 3.34. The van der Waals surface area contributed by atoms with Crippen LogP contribution in [0.15, 0.2) is 21.5 Å². The van der Waals surface area contributed by atoms with Crippen LogP contribution >= 0.6 is 0 Å². The highest BCUT2D eigenvalue weighted by atomic mass is 16.5. The van der Waals surface area contributed by atoms with Crippen LogP contribution in [0.5, 0.6) is 0 Å². The maximum atomic E-state index is 12.6. The summed E-state index contributed by atoms with van der Waals surface area (Å²) in [6.07, 6.45) is 3.07. The largest absolute Gasteiger partial charge is 0.437 e. The number of furan rings is 1. The van der Waals surface area contributed by atoms with Crippen molar-refractivity contribution >= 4 is 11.1 Å². The predicted molar refractivity (Wildman–Crippen MR) is 123 cm³/mol. The summed E-state index contributed by atoms with van der Waals surface area (Å²) in [5, 5.41) is 20.0. The molecule has 0 amide bonds. The zero-order valence-corrected chi connectivity index (χ0v) is 19.4. The molecule has 1 aromatic carbocycles. The Labute approximate surface area is 187 Å². The highest BCUT2D eigenvalue weighted by Gasteiger charge is 2.35. The van der Waals surface area contributed by atoms with Gasteiger partial charge in [0.15, 0.2) is 0 Å². The van der Waals surface area contributed by atoms with Crippen LogP contribution in [0.25, 0.3) is 22.4 Å². The van der Waals surface area contributed by atoms with Gasteiger partial charge in [-0.1, -0.05) is 13.3 Å². The maximum absolute atomic E-state index is 12.6. The van der Waals surface area contributed by atoms with Crippen molar-refractivity contribution in [3.63, 3.8) is 0 Å². The number of aliphatic hydroxyl groups is 2. The molecule has 1 fully saturated rings. The van der Waals surface area contributed by atoms with E-state index in [0.717, 1.165) is 24.8 Å². The van der Waals surface area contributed by atoms with Gasteiger partial charge >= 0.3 is 5.69 Å². The van der Waals surface area contributed by atoms with Crippen molar-refractivity contribution in [1.29, 1.82) is 0 Å². The molecular weight excluding hydrogens is 408 g/mol. The third kappa shape index (κ3) is 3.78. The van der Waals surface area contributed by atoms with E-state index in [2.05, 4.69) is 39.6 Å². The number of hydrogen-bond donors (Lipinski definition) is 2. The molecule has 32 heavy (non-hydrogen) atoms. The van der Waals surface area contributed by atoms with Crippen LogP contribution in [0.1, 0.15) is 60.2 Å². The Morgan fingerprint density at radius 2 is 1.84 bits per heavy atom. The van der Waals surface area contributed by atoms with E-state index in [9.17, 15) is 15.0 Å². The Balaban J connectivity index is 1.78. The lowest BCUT2D eigenvalue weighted by molar-refractivity contribution is -0.0457. The number of rotatable bonds is 6. The van der Waals surface area contributed by atoms with E-state index in [4.69, 9.17) is 9.15 Å². The summed E-state index contributed by atoms with van der Waals surface area (Å²) in [5.41, 5.74) is 7.16. The van der Waals surface area contributed by atoms with E-state index in [0.29, 0.717) is 11.1 Å². The van der Waals surface area contributed by atoms with Gasteiger partial charge in [-0.3, -0.25) is 4.57 Å².